The molecule has 0 aliphatic carbocycles. The molecule has 2 aromatic carbocycles. The molecule has 0 heterocycles. The highest BCUT2D eigenvalue weighted by Crippen LogP contribution is 2.38. The lowest BCUT2D eigenvalue weighted by Crippen LogP contribution is -2.45. The number of methoxy groups -OCH3 is 4. The number of amides is 1. The van der Waals surface area contributed by atoms with E-state index >= 15 is 0 Å². The van der Waals surface area contributed by atoms with E-state index in [0.717, 1.165) is 0 Å². The standard InChI is InChI=1S/C27H34N2O8/c1-15(23(30)17-13-20(34-6)24(36-8)21(14-17)35-7)11-16-9-10-19(33-5)18(12-16)29-25(31)22(28)26(32)37-27(2,3)4/h9-14,22H,28H2,1-8H3,(H,29,31). The van der Waals surface area contributed by atoms with Crippen molar-refractivity contribution in [3.8, 4) is 23.0 Å². The van der Waals surface area contributed by atoms with Crippen molar-refractivity contribution >= 4 is 29.4 Å². The minimum atomic E-state index is -1.54. The van der Waals surface area contributed by atoms with Gasteiger partial charge in [-0.3, -0.25) is 9.59 Å². The highest BCUT2D eigenvalue weighted by molar-refractivity contribution is 6.12. The van der Waals surface area contributed by atoms with Crippen molar-refractivity contribution in [2.45, 2.75) is 39.3 Å². The number of anilines is 1. The molecule has 0 fully saturated rings. The molecule has 2 rings (SSSR count). The summed E-state index contributed by atoms with van der Waals surface area (Å²) in [7, 11) is 5.85. The molecule has 2 aromatic rings. The molecule has 0 spiro atoms. The van der Waals surface area contributed by atoms with Crippen molar-refractivity contribution < 1.29 is 38.1 Å². The van der Waals surface area contributed by atoms with Crippen LogP contribution >= 0.6 is 0 Å². The van der Waals surface area contributed by atoms with Gasteiger partial charge in [-0.15, -0.1) is 0 Å². The first-order valence-corrected chi connectivity index (χ1v) is 11.4. The van der Waals surface area contributed by atoms with Gasteiger partial charge in [-0.25, -0.2) is 4.79 Å². The average molecular weight is 515 g/mol. The summed E-state index contributed by atoms with van der Waals surface area (Å²) in [5.74, 6) is -0.459. The molecule has 0 aliphatic heterocycles. The maximum Gasteiger partial charge on any atom is 0.333 e. The van der Waals surface area contributed by atoms with E-state index < -0.39 is 23.5 Å². The molecule has 3 N–H and O–H groups in total. The fraction of sp³-hybridized carbons (Fsp3) is 0.370. The minimum absolute atomic E-state index is 0.271. The van der Waals surface area contributed by atoms with Crippen LogP contribution in [0.5, 0.6) is 23.0 Å². The predicted molar refractivity (Wildman–Crippen MR) is 140 cm³/mol. The summed E-state index contributed by atoms with van der Waals surface area (Å²) in [6, 6.07) is 6.54. The second-order valence-corrected chi connectivity index (χ2v) is 9.03. The number of esters is 1. The van der Waals surface area contributed by atoms with Gasteiger partial charge in [0, 0.05) is 5.56 Å². The number of nitrogens with one attached hydrogen (secondary N) is 1. The summed E-state index contributed by atoms with van der Waals surface area (Å²) >= 11 is 0. The van der Waals surface area contributed by atoms with E-state index in [1.165, 1.54) is 28.4 Å². The Morgan fingerprint density at radius 2 is 1.46 bits per heavy atom. The third-order valence-corrected chi connectivity index (χ3v) is 5.09. The maximum atomic E-state index is 13.2. The molecule has 0 radical (unpaired) electrons. The number of rotatable bonds is 10. The first-order valence-electron chi connectivity index (χ1n) is 11.4. The van der Waals surface area contributed by atoms with Gasteiger partial charge in [-0.2, -0.15) is 0 Å². The Labute approximate surface area is 216 Å². The summed E-state index contributed by atoms with van der Waals surface area (Å²) < 4.78 is 26.5. The Balaban J connectivity index is 2.34. The lowest BCUT2D eigenvalue weighted by molar-refractivity contribution is -0.157. The number of carbonyl (C=O) groups is 3. The number of Topliss-reactive ketones (excluding diaryl/α,β-unsaturated/α-hetero) is 1. The zero-order chi connectivity index (χ0) is 27.9. The number of nitrogens with two attached hydrogens (primary N) is 1. The number of allylic oxidation sites excluding steroid dienone is 1. The molecule has 1 amide bonds. The maximum absolute atomic E-state index is 13.2. The fourth-order valence-corrected chi connectivity index (χ4v) is 3.35. The Morgan fingerprint density at radius 3 is 1.95 bits per heavy atom. The van der Waals surface area contributed by atoms with Crippen LogP contribution in [0, 0.1) is 0 Å². The predicted octanol–water partition coefficient (Wildman–Crippen LogP) is 3.61. The third-order valence-electron chi connectivity index (χ3n) is 5.09. The molecular formula is C27H34N2O8. The van der Waals surface area contributed by atoms with Crippen LogP contribution in [0.4, 0.5) is 5.69 Å². The van der Waals surface area contributed by atoms with Crippen LogP contribution < -0.4 is 30.0 Å². The van der Waals surface area contributed by atoms with Gasteiger partial charge < -0.3 is 34.7 Å². The third kappa shape index (κ3) is 7.47. The fourth-order valence-electron chi connectivity index (χ4n) is 3.35. The van der Waals surface area contributed by atoms with Crippen molar-refractivity contribution in [2.75, 3.05) is 33.8 Å². The van der Waals surface area contributed by atoms with Crippen LogP contribution in [0.1, 0.15) is 43.6 Å². The van der Waals surface area contributed by atoms with Gasteiger partial charge in [0.2, 0.25) is 5.75 Å². The Morgan fingerprint density at radius 1 is 0.892 bits per heavy atom. The first kappa shape index (κ1) is 29.2. The Bertz CT molecular complexity index is 1170. The molecule has 200 valence electrons. The van der Waals surface area contributed by atoms with Gasteiger partial charge >= 0.3 is 5.97 Å². The molecule has 0 aliphatic rings. The number of hydrogen-bond donors (Lipinski definition) is 2. The zero-order valence-electron chi connectivity index (χ0n) is 22.4. The van der Waals surface area contributed by atoms with Gasteiger partial charge in [0.05, 0.1) is 34.1 Å². The van der Waals surface area contributed by atoms with Crippen molar-refractivity contribution in [3.63, 3.8) is 0 Å². The molecule has 37 heavy (non-hydrogen) atoms. The quantitative estimate of drug-likeness (QED) is 0.211. The molecule has 10 heteroatoms. The zero-order valence-corrected chi connectivity index (χ0v) is 22.4. The largest absolute Gasteiger partial charge is 0.495 e. The van der Waals surface area contributed by atoms with E-state index in [-0.39, 0.29) is 11.5 Å². The van der Waals surface area contributed by atoms with Gasteiger partial charge in [-0.05, 0) is 69.2 Å². The highest BCUT2D eigenvalue weighted by atomic mass is 16.6. The Hall–Kier alpha value is -4.05. The van der Waals surface area contributed by atoms with Gasteiger partial charge in [-0.1, -0.05) is 6.07 Å². The molecule has 0 aromatic heterocycles. The first-order chi connectivity index (χ1) is 17.3. The topological polar surface area (TPSA) is 135 Å². The molecule has 0 saturated carbocycles. The van der Waals surface area contributed by atoms with Crippen molar-refractivity contribution in [1.29, 1.82) is 0 Å². The molecule has 0 saturated heterocycles. The molecule has 0 bridgehead atoms. The molecule has 1 atom stereocenters. The van der Waals surface area contributed by atoms with Gasteiger partial charge in [0.1, 0.15) is 11.4 Å². The summed E-state index contributed by atoms with van der Waals surface area (Å²) in [6.45, 7) is 6.69. The lowest BCUT2D eigenvalue weighted by atomic mass is 10.0. The van der Waals surface area contributed by atoms with Crippen LogP contribution in [0.3, 0.4) is 0 Å². The average Bonchev–Trinajstić information content (AvgIpc) is 2.85. The van der Waals surface area contributed by atoms with Crippen LogP contribution in [-0.4, -0.2) is 57.7 Å². The molecular weight excluding hydrogens is 480 g/mol. The Kier molecular flexibility index (Phi) is 9.67. The van der Waals surface area contributed by atoms with Gasteiger partial charge in [0.15, 0.2) is 23.3 Å². The summed E-state index contributed by atoms with van der Waals surface area (Å²) in [5, 5.41) is 2.59. The summed E-state index contributed by atoms with van der Waals surface area (Å²) in [6.07, 6.45) is 1.65. The summed E-state index contributed by atoms with van der Waals surface area (Å²) in [4.78, 5) is 38.0. The molecule has 1 unspecified atom stereocenters. The lowest BCUT2D eigenvalue weighted by Gasteiger charge is -2.22. The molecule has 10 nitrogen and oxygen atoms in total. The normalized spacial score (nSPS) is 12.3. The smallest absolute Gasteiger partial charge is 0.333 e. The van der Waals surface area contributed by atoms with E-state index in [9.17, 15) is 14.4 Å². The summed E-state index contributed by atoms with van der Waals surface area (Å²) in [5.41, 5.74) is 6.61. The van der Waals surface area contributed by atoms with Crippen molar-refractivity contribution in [2.24, 2.45) is 5.73 Å². The van der Waals surface area contributed by atoms with E-state index in [2.05, 4.69) is 5.32 Å². The second kappa shape index (κ2) is 12.3. The minimum Gasteiger partial charge on any atom is -0.495 e. The van der Waals surface area contributed by atoms with Crippen LogP contribution in [0.25, 0.3) is 6.08 Å². The van der Waals surface area contributed by atoms with E-state index in [1.807, 2.05) is 0 Å². The highest BCUT2D eigenvalue weighted by Gasteiger charge is 2.28. The van der Waals surface area contributed by atoms with E-state index in [1.54, 1.807) is 64.1 Å². The van der Waals surface area contributed by atoms with E-state index in [4.69, 9.17) is 29.4 Å². The number of ether oxygens (including phenoxy) is 5. The van der Waals surface area contributed by atoms with Crippen LogP contribution in [-0.2, 0) is 14.3 Å². The number of carbonyl (C=O) groups excluding carboxylic acids is 3. The van der Waals surface area contributed by atoms with Crippen molar-refractivity contribution in [1.82, 2.24) is 0 Å². The number of ketones is 1. The van der Waals surface area contributed by atoms with Gasteiger partial charge in [0.25, 0.3) is 5.91 Å². The van der Waals surface area contributed by atoms with Crippen LogP contribution in [0.2, 0.25) is 0 Å². The van der Waals surface area contributed by atoms with Crippen molar-refractivity contribution in [3.05, 3.63) is 47.0 Å². The number of benzene rings is 2. The number of hydrogen-bond acceptors (Lipinski definition) is 9. The SMILES string of the molecule is COc1ccc(C=C(C)C(=O)c2cc(OC)c(OC)c(OC)c2)cc1NC(=O)C(N)C(=O)OC(C)(C)C. The second-order valence-electron chi connectivity index (χ2n) is 9.03. The van der Waals surface area contributed by atoms with Crippen LogP contribution in [0.15, 0.2) is 35.9 Å². The van der Waals surface area contributed by atoms with E-state index in [0.29, 0.717) is 39.7 Å². The monoisotopic (exact) mass is 514 g/mol.